The molecule has 0 bridgehead atoms. The number of hydrogen-bond acceptors (Lipinski definition) is 2. The number of hydrogen-bond donors (Lipinski definition) is 0. The average molecular weight is 368 g/mol. The summed E-state index contributed by atoms with van der Waals surface area (Å²) in [5.74, 6) is 0. The van der Waals surface area contributed by atoms with E-state index in [-0.39, 0.29) is 0 Å². The molecule has 0 N–H and O–H groups in total. The van der Waals surface area contributed by atoms with Gasteiger partial charge in [0.05, 0.1) is 10.6 Å². The van der Waals surface area contributed by atoms with E-state index in [4.69, 9.17) is 0 Å². The molecule has 136 valence electrons. The molecular weight excluding hydrogens is 342 g/mol. The Bertz CT molecular complexity index is 1010. The van der Waals surface area contributed by atoms with Crippen molar-refractivity contribution >= 4 is 26.5 Å². The molecule has 0 aromatic heterocycles. The minimum absolute atomic E-state index is 0.314. The van der Waals surface area contributed by atoms with E-state index in [1.807, 2.05) is 49.4 Å². The summed E-state index contributed by atoms with van der Waals surface area (Å²) >= 11 is 0. The van der Waals surface area contributed by atoms with Crippen molar-refractivity contribution < 1.29 is 8.42 Å². The van der Waals surface area contributed by atoms with Crippen molar-refractivity contribution in [2.24, 2.45) is 0 Å². The van der Waals surface area contributed by atoms with E-state index < -0.39 is 10.0 Å². The van der Waals surface area contributed by atoms with Gasteiger partial charge >= 0.3 is 0 Å². The third-order valence-electron chi connectivity index (χ3n) is 4.77. The summed E-state index contributed by atoms with van der Waals surface area (Å²) in [6.07, 6.45) is 3.14. The minimum atomic E-state index is -3.58. The summed E-state index contributed by atoms with van der Waals surface area (Å²) in [5, 5.41) is 2.27. The van der Waals surface area contributed by atoms with Crippen LogP contribution in [0.4, 0.5) is 5.69 Å². The lowest BCUT2D eigenvalue weighted by atomic mass is 9.99. The molecule has 0 aliphatic carbocycles. The Hall–Kier alpha value is -2.33. The first kappa shape index (κ1) is 18.5. The summed E-state index contributed by atoms with van der Waals surface area (Å²) in [4.78, 5) is 0.314. The molecule has 3 aromatic carbocycles. The van der Waals surface area contributed by atoms with Gasteiger partial charge in [0, 0.05) is 7.05 Å². The Labute approximate surface area is 156 Å². The minimum Gasteiger partial charge on any atom is -0.269 e. The van der Waals surface area contributed by atoms with Crippen LogP contribution in [-0.4, -0.2) is 15.5 Å². The average Bonchev–Trinajstić information content (AvgIpc) is 2.65. The van der Waals surface area contributed by atoms with Crippen LogP contribution in [0.3, 0.4) is 0 Å². The number of anilines is 1. The molecule has 0 saturated heterocycles. The van der Waals surface area contributed by atoms with Gasteiger partial charge in [-0.05, 0) is 60.4 Å². The van der Waals surface area contributed by atoms with Crippen molar-refractivity contribution in [3.8, 4) is 0 Å². The van der Waals surface area contributed by atoms with E-state index in [1.165, 1.54) is 15.3 Å². The van der Waals surface area contributed by atoms with Gasteiger partial charge in [0.25, 0.3) is 10.0 Å². The molecule has 0 fully saturated rings. The summed E-state index contributed by atoms with van der Waals surface area (Å²) in [6, 6.07) is 19.1. The van der Waals surface area contributed by atoms with Gasteiger partial charge in [-0.1, -0.05) is 55.3 Å². The van der Waals surface area contributed by atoms with Gasteiger partial charge in [-0.3, -0.25) is 4.31 Å². The molecule has 4 heteroatoms. The van der Waals surface area contributed by atoms with Crippen LogP contribution in [0.2, 0.25) is 0 Å². The van der Waals surface area contributed by atoms with Crippen LogP contribution in [0.5, 0.6) is 0 Å². The third kappa shape index (κ3) is 3.61. The molecule has 3 aromatic rings. The van der Waals surface area contributed by atoms with Crippen molar-refractivity contribution in [2.45, 2.75) is 38.0 Å². The highest BCUT2D eigenvalue weighted by Crippen LogP contribution is 2.30. The topological polar surface area (TPSA) is 37.4 Å². The van der Waals surface area contributed by atoms with Crippen molar-refractivity contribution in [3.63, 3.8) is 0 Å². The van der Waals surface area contributed by atoms with Crippen LogP contribution in [0, 0.1) is 6.92 Å². The zero-order chi connectivity index (χ0) is 18.7. The number of rotatable bonds is 6. The van der Waals surface area contributed by atoms with Crippen molar-refractivity contribution in [1.82, 2.24) is 0 Å². The molecule has 3 nitrogen and oxygen atoms in total. The smallest absolute Gasteiger partial charge is 0.264 e. The van der Waals surface area contributed by atoms with E-state index in [1.54, 1.807) is 19.2 Å². The number of aryl methyl sites for hydroxylation is 2. The standard InChI is InChI=1S/C22H25NO2S/c1-4-5-8-18-15-20(16-19-9-6-7-10-22(18)19)23(3)26(24,25)21-13-11-17(2)12-14-21/h6-7,9-16H,4-5,8H2,1-3H3. The third-order valence-corrected chi connectivity index (χ3v) is 6.57. The molecule has 26 heavy (non-hydrogen) atoms. The summed E-state index contributed by atoms with van der Waals surface area (Å²) in [6.45, 7) is 4.11. The Morgan fingerprint density at radius 2 is 1.65 bits per heavy atom. The first-order chi connectivity index (χ1) is 12.4. The molecule has 0 aliphatic rings. The van der Waals surface area contributed by atoms with E-state index >= 15 is 0 Å². The van der Waals surface area contributed by atoms with E-state index in [2.05, 4.69) is 13.0 Å². The highest BCUT2D eigenvalue weighted by Gasteiger charge is 2.22. The maximum atomic E-state index is 13.0. The quantitative estimate of drug-likeness (QED) is 0.591. The van der Waals surface area contributed by atoms with Gasteiger partial charge in [-0.2, -0.15) is 0 Å². The number of benzene rings is 3. The highest BCUT2D eigenvalue weighted by molar-refractivity contribution is 7.92. The summed E-state index contributed by atoms with van der Waals surface area (Å²) in [5.41, 5.74) is 2.94. The fourth-order valence-corrected chi connectivity index (χ4v) is 4.31. The number of fused-ring (bicyclic) bond motifs is 1. The molecule has 0 amide bonds. The molecule has 0 saturated carbocycles. The van der Waals surface area contributed by atoms with Crippen LogP contribution >= 0.6 is 0 Å². The van der Waals surface area contributed by atoms with Gasteiger partial charge < -0.3 is 0 Å². The Morgan fingerprint density at radius 1 is 0.962 bits per heavy atom. The van der Waals surface area contributed by atoms with Gasteiger partial charge in [-0.25, -0.2) is 8.42 Å². The van der Waals surface area contributed by atoms with Crippen LogP contribution in [0.15, 0.2) is 65.6 Å². The summed E-state index contributed by atoms with van der Waals surface area (Å²) < 4.78 is 27.5. The lowest BCUT2D eigenvalue weighted by Gasteiger charge is -2.21. The predicted molar refractivity (Wildman–Crippen MR) is 109 cm³/mol. The van der Waals surface area contributed by atoms with Crippen LogP contribution in [-0.2, 0) is 16.4 Å². The number of nitrogens with zero attached hydrogens (tertiary/aromatic N) is 1. The zero-order valence-electron chi connectivity index (χ0n) is 15.6. The molecule has 0 radical (unpaired) electrons. The second kappa shape index (κ2) is 7.50. The monoisotopic (exact) mass is 367 g/mol. The van der Waals surface area contributed by atoms with Gasteiger partial charge in [0.15, 0.2) is 0 Å². The Balaban J connectivity index is 2.07. The maximum Gasteiger partial charge on any atom is 0.264 e. The van der Waals surface area contributed by atoms with Crippen molar-refractivity contribution in [2.75, 3.05) is 11.4 Å². The van der Waals surface area contributed by atoms with Crippen LogP contribution < -0.4 is 4.31 Å². The molecular formula is C22H25NO2S. The molecule has 0 spiro atoms. The molecule has 0 heterocycles. The second-order valence-electron chi connectivity index (χ2n) is 6.72. The SMILES string of the molecule is CCCCc1cc(N(C)S(=O)(=O)c2ccc(C)cc2)cc2ccccc12. The lowest BCUT2D eigenvalue weighted by molar-refractivity contribution is 0.594. The first-order valence-electron chi connectivity index (χ1n) is 9.00. The van der Waals surface area contributed by atoms with Crippen LogP contribution in [0.25, 0.3) is 10.8 Å². The van der Waals surface area contributed by atoms with Gasteiger partial charge in [0.2, 0.25) is 0 Å². The number of sulfonamides is 1. The van der Waals surface area contributed by atoms with Crippen LogP contribution in [0.1, 0.15) is 30.9 Å². The lowest BCUT2D eigenvalue weighted by Crippen LogP contribution is -2.26. The van der Waals surface area contributed by atoms with Crippen molar-refractivity contribution in [1.29, 1.82) is 0 Å². The normalized spacial score (nSPS) is 11.7. The van der Waals surface area contributed by atoms with E-state index in [9.17, 15) is 8.42 Å². The predicted octanol–water partition coefficient (Wildman–Crippen LogP) is 5.32. The fraction of sp³-hybridized carbons (Fsp3) is 0.273. The highest BCUT2D eigenvalue weighted by atomic mass is 32.2. The largest absolute Gasteiger partial charge is 0.269 e. The molecule has 0 aliphatic heterocycles. The number of unbranched alkanes of at least 4 members (excludes halogenated alkanes) is 1. The molecule has 0 unspecified atom stereocenters. The van der Waals surface area contributed by atoms with Gasteiger partial charge in [-0.15, -0.1) is 0 Å². The first-order valence-corrected chi connectivity index (χ1v) is 10.4. The second-order valence-corrected chi connectivity index (χ2v) is 8.68. The Kier molecular flexibility index (Phi) is 5.33. The Morgan fingerprint density at radius 3 is 2.35 bits per heavy atom. The summed E-state index contributed by atoms with van der Waals surface area (Å²) in [7, 11) is -1.95. The zero-order valence-corrected chi connectivity index (χ0v) is 16.4. The molecule has 0 atom stereocenters. The van der Waals surface area contributed by atoms with Gasteiger partial charge in [0.1, 0.15) is 0 Å². The van der Waals surface area contributed by atoms with E-state index in [0.29, 0.717) is 10.6 Å². The molecule has 3 rings (SSSR count). The van der Waals surface area contributed by atoms with E-state index in [0.717, 1.165) is 30.2 Å². The fourth-order valence-electron chi connectivity index (χ4n) is 3.14. The van der Waals surface area contributed by atoms with Crippen molar-refractivity contribution in [3.05, 3.63) is 71.8 Å². The maximum absolute atomic E-state index is 13.0.